The van der Waals surface area contributed by atoms with Gasteiger partial charge in [-0.25, -0.2) is 0 Å². The SMILES string of the molecule is C=C/C(=C\C(C)=C/C)C(C)(C)/C(C=C(C)C)=C/C.CC.CC. The molecule has 0 heteroatoms. The van der Waals surface area contributed by atoms with E-state index in [4.69, 9.17) is 0 Å². The van der Waals surface area contributed by atoms with Gasteiger partial charge in [0.15, 0.2) is 0 Å². The maximum absolute atomic E-state index is 3.97. The molecule has 0 aliphatic rings. The summed E-state index contributed by atoms with van der Waals surface area (Å²) in [6.07, 6.45) is 10.7. The topological polar surface area (TPSA) is 0 Å². The zero-order chi connectivity index (χ0) is 18.3. The molecule has 0 spiro atoms. The van der Waals surface area contributed by atoms with Crippen LogP contribution in [0.1, 0.15) is 76.2 Å². The second kappa shape index (κ2) is 14.6. The van der Waals surface area contributed by atoms with Crippen molar-refractivity contribution in [3.63, 3.8) is 0 Å². The molecule has 0 aliphatic heterocycles. The highest BCUT2D eigenvalue weighted by Crippen LogP contribution is 2.37. The Balaban J connectivity index is -0.000000826. The van der Waals surface area contributed by atoms with Gasteiger partial charge < -0.3 is 0 Å². The van der Waals surface area contributed by atoms with E-state index in [2.05, 4.69) is 79.3 Å². The van der Waals surface area contributed by atoms with Gasteiger partial charge in [-0.3, -0.25) is 0 Å². The zero-order valence-electron chi connectivity index (χ0n) is 17.1. The standard InChI is InChI=1S/C18H28.2C2H6/c1-9-15(6)13-17(11-3)18(7,8)16(10-2)12-14(4)5;2*1-2/h9-13H,3H2,1-2,4-8H3;2*1-2H3/b15-9-,16-10+,17-13+;;. The zero-order valence-corrected chi connectivity index (χ0v) is 17.1. The molecule has 0 atom stereocenters. The Kier molecular flexibility index (Phi) is 17.1. The van der Waals surface area contributed by atoms with Gasteiger partial charge in [0, 0.05) is 5.41 Å². The van der Waals surface area contributed by atoms with Gasteiger partial charge in [0.2, 0.25) is 0 Å². The molecule has 0 nitrogen and oxygen atoms in total. The van der Waals surface area contributed by atoms with Crippen molar-refractivity contribution in [2.75, 3.05) is 0 Å². The van der Waals surface area contributed by atoms with Crippen molar-refractivity contribution in [2.24, 2.45) is 5.41 Å². The average Bonchev–Trinajstić information content (AvgIpc) is 2.53. The first-order chi connectivity index (χ1) is 10.3. The minimum atomic E-state index is -0.0158. The van der Waals surface area contributed by atoms with Gasteiger partial charge >= 0.3 is 0 Å². The van der Waals surface area contributed by atoms with Crippen molar-refractivity contribution in [3.05, 3.63) is 59.3 Å². The van der Waals surface area contributed by atoms with Crippen LogP contribution in [0.5, 0.6) is 0 Å². The molecule has 0 saturated heterocycles. The van der Waals surface area contributed by atoms with Crippen LogP contribution in [0.3, 0.4) is 0 Å². The van der Waals surface area contributed by atoms with E-state index in [0.29, 0.717) is 0 Å². The second-order valence-corrected chi connectivity index (χ2v) is 5.43. The molecule has 0 radical (unpaired) electrons. The highest BCUT2D eigenvalue weighted by molar-refractivity contribution is 5.42. The Hall–Kier alpha value is -1.30. The van der Waals surface area contributed by atoms with Gasteiger partial charge in [-0.1, -0.05) is 89.6 Å². The van der Waals surface area contributed by atoms with E-state index in [1.807, 2.05) is 33.8 Å². The first-order valence-electron chi connectivity index (χ1n) is 8.58. The molecule has 0 saturated carbocycles. The minimum Gasteiger partial charge on any atom is -0.0988 e. The lowest BCUT2D eigenvalue weighted by Crippen LogP contribution is -2.16. The van der Waals surface area contributed by atoms with Gasteiger partial charge in [-0.15, -0.1) is 0 Å². The summed E-state index contributed by atoms with van der Waals surface area (Å²) in [5.74, 6) is 0. The third-order valence-electron chi connectivity index (χ3n) is 3.26. The molecular weight excluding hydrogens is 264 g/mol. The summed E-state index contributed by atoms with van der Waals surface area (Å²) >= 11 is 0. The van der Waals surface area contributed by atoms with E-state index >= 15 is 0 Å². The Bertz CT molecular complexity index is 405. The van der Waals surface area contributed by atoms with E-state index in [9.17, 15) is 0 Å². The molecule has 0 aliphatic carbocycles. The molecule has 0 heterocycles. The third-order valence-corrected chi connectivity index (χ3v) is 3.26. The molecule has 0 unspecified atom stereocenters. The first-order valence-corrected chi connectivity index (χ1v) is 8.58. The van der Waals surface area contributed by atoms with Crippen LogP contribution in [0, 0.1) is 5.41 Å². The number of hydrogen-bond donors (Lipinski definition) is 0. The van der Waals surface area contributed by atoms with Crippen LogP contribution in [-0.4, -0.2) is 0 Å². The van der Waals surface area contributed by atoms with Crippen LogP contribution in [0.2, 0.25) is 0 Å². The van der Waals surface area contributed by atoms with Crippen LogP contribution < -0.4 is 0 Å². The molecule has 22 heavy (non-hydrogen) atoms. The smallest absolute Gasteiger partial charge is 0.0143 e. The Morgan fingerprint density at radius 1 is 0.773 bits per heavy atom. The summed E-state index contributed by atoms with van der Waals surface area (Å²) in [5, 5.41) is 0. The lowest BCUT2D eigenvalue weighted by Gasteiger charge is -2.29. The van der Waals surface area contributed by atoms with Gasteiger partial charge in [0.1, 0.15) is 0 Å². The fraction of sp³-hybridized carbons (Fsp3) is 0.545. The highest BCUT2D eigenvalue weighted by Gasteiger charge is 2.24. The Morgan fingerprint density at radius 2 is 1.23 bits per heavy atom. The summed E-state index contributed by atoms with van der Waals surface area (Å²) < 4.78 is 0. The number of allylic oxidation sites excluding steroid dienone is 9. The summed E-state index contributed by atoms with van der Waals surface area (Å²) in [6, 6.07) is 0. The van der Waals surface area contributed by atoms with E-state index in [1.54, 1.807) is 0 Å². The van der Waals surface area contributed by atoms with Crippen LogP contribution in [0.4, 0.5) is 0 Å². The van der Waals surface area contributed by atoms with Crippen molar-refractivity contribution < 1.29 is 0 Å². The van der Waals surface area contributed by atoms with Crippen molar-refractivity contribution in [2.45, 2.75) is 76.2 Å². The molecule has 0 rings (SSSR count). The average molecular weight is 305 g/mol. The van der Waals surface area contributed by atoms with Crippen molar-refractivity contribution >= 4 is 0 Å². The third kappa shape index (κ3) is 9.60. The molecule has 128 valence electrons. The van der Waals surface area contributed by atoms with E-state index in [0.717, 1.165) is 0 Å². The molecule has 0 N–H and O–H groups in total. The van der Waals surface area contributed by atoms with Gasteiger partial charge in [-0.05, 0) is 45.8 Å². The van der Waals surface area contributed by atoms with Gasteiger partial charge in [0.05, 0.1) is 0 Å². The maximum Gasteiger partial charge on any atom is 0.0143 e. The lowest BCUT2D eigenvalue weighted by molar-refractivity contribution is 0.564. The predicted molar refractivity (Wildman–Crippen MR) is 107 cm³/mol. The molecular formula is C22H40. The van der Waals surface area contributed by atoms with Crippen molar-refractivity contribution in [3.8, 4) is 0 Å². The van der Waals surface area contributed by atoms with Crippen molar-refractivity contribution in [1.29, 1.82) is 0 Å². The molecule has 0 aromatic heterocycles. The summed E-state index contributed by atoms with van der Waals surface area (Å²) in [5.41, 5.74) is 5.16. The molecule has 0 amide bonds. The Morgan fingerprint density at radius 3 is 1.50 bits per heavy atom. The second-order valence-electron chi connectivity index (χ2n) is 5.43. The summed E-state index contributed by atoms with van der Waals surface area (Å²) in [6.45, 7) is 27.0. The molecule has 0 aromatic rings. The summed E-state index contributed by atoms with van der Waals surface area (Å²) in [7, 11) is 0. The lowest BCUT2D eigenvalue weighted by atomic mass is 9.75. The highest BCUT2D eigenvalue weighted by atomic mass is 14.3. The largest absolute Gasteiger partial charge is 0.0988 e. The van der Waals surface area contributed by atoms with Crippen LogP contribution >= 0.6 is 0 Å². The number of rotatable bonds is 5. The molecule has 0 bridgehead atoms. The van der Waals surface area contributed by atoms with Crippen LogP contribution in [0.25, 0.3) is 0 Å². The quantitative estimate of drug-likeness (QED) is 0.450. The maximum atomic E-state index is 3.97. The van der Waals surface area contributed by atoms with Gasteiger partial charge in [0.25, 0.3) is 0 Å². The molecule has 0 aromatic carbocycles. The fourth-order valence-corrected chi connectivity index (χ4v) is 1.93. The first kappa shape index (κ1) is 25.6. The van der Waals surface area contributed by atoms with Crippen LogP contribution in [0.15, 0.2) is 59.3 Å². The normalized spacial score (nSPS) is 12.4. The predicted octanol–water partition coefficient (Wildman–Crippen LogP) is 8.06. The Labute approximate surface area is 141 Å². The van der Waals surface area contributed by atoms with E-state index in [-0.39, 0.29) is 5.41 Å². The van der Waals surface area contributed by atoms with E-state index < -0.39 is 0 Å². The van der Waals surface area contributed by atoms with E-state index in [1.165, 1.54) is 22.3 Å². The fourth-order valence-electron chi connectivity index (χ4n) is 1.93. The minimum absolute atomic E-state index is 0.0158. The van der Waals surface area contributed by atoms with Crippen molar-refractivity contribution in [1.82, 2.24) is 0 Å². The molecule has 0 fully saturated rings. The van der Waals surface area contributed by atoms with Crippen LogP contribution in [-0.2, 0) is 0 Å². The van der Waals surface area contributed by atoms with Gasteiger partial charge in [-0.2, -0.15) is 0 Å². The monoisotopic (exact) mass is 304 g/mol. The number of hydrogen-bond acceptors (Lipinski definition) is 0. The summed E-state index contributed by atoms with van der Waals surface area (Å²) in [4.78, 5) is 0.